The van der Waals surface area contributed by atoms with Crippen LogP contribution in [-0.2, 0) is 4.79 Å². The van der Waals surface area contributed by atoms with E-state index in [2.05, 4.69) is 42.0 Å². The minimum atomic E-state index is 0.147. The number of unbranched alkanes of at least 4 members (excludes halogenated alkanes) is 8. The summed E-state index contributed by atoms with van der Waals surface area (Å²) in [6.45, 7) is 7.32. The SMILES string of the molecule is CCCCCCCCCCCC(=O)NCC(C)(C)CBr. The van der Waals surface area contributed by atoms with E-state index in [-0.39, 0.29) is 11.3 Å². The fraction of sp³-hybridized carbons (Fsp3) is 0.941. The van der Waals surface area contributed by atoms with Crippen molar-refractivity contribution in [2.75, 3.05) is 11.9 Å². The van der Waals surface area contributed by atoms with Gasteiger partial charge in [0.1, 0.15) is 0 Å². The number of hydrogen-bond acceptors (Lipinski definition) is 1. The molecule has 0 rings (SSSR count). The van der Waals surface area contributed by atoms with Crippen LogP contribution in [0.2, 0.25) is 0 Å². The Morgan fingerprint density at radius 1 is 0.950 bits per heavy atom. The van der Waals surface area contributed by atoms with Gasteiger partial charge in [-0.2, -0.15) is 0 Å². The average molecular weight is 348 g/mol. The zero-order chi connectivity index (χ0) is 15.3. The molecule has 0 spiro atoms. The van der Waals surface area contributed by atoms with Crippen molar-refractivity contribution in [3.05, 3.63) is 0 Å². The summed E-state index contributed by atoms with van der Waals surface area (Å²) in [5.41, 5.74) is 0.147. The summed E-state index contributed by atoms with van der Waals surface area (Å²) in [7, 11) is 0. The molecule has 1 amide bonds. The third-order valence-corrected chi connectivity index (χ3v) is 5.15. The second-order valence-corrected chi connectivity index (χ2v) is 7.21. The van der Waals surface area contributed by atoms with Gasteiger partial charge in [-0.3, -0.25) is 4.79 Å². The molecular formula is C17H34BrNO. The van der Waals surface area contributed by atoms with Gasteiger partial charge in [0.05, 0.1) is 0 Å². The highest BCUT2D eigenvalue weighted by atomic mass is 79.9. The first-order valence-electron chi connectivity index (χ1n) is 8.34. The number of hydrogen-bond donors (Lipinski definition) is 1. The average Bonchev–Trinajstić information content (AvgIpc) is 2.43. The van der Waals surface area contributed by atoms with E-state index >= 15 is 0 Å². The Morgan fingerprint density at radius 2 is 1.45 bits per heavy atom. The van der Waals surface area contributed by atoms with Crippen molar-refractivity contribution in [1.29, 1.82) is 0 Å². The van der Waals surface area contributed by atoms with E-state index in [0.717, 1.165) is 18.3 Å². The molecule has 0 saturated heterocycles. The van der Waals surface area contributed by atoms with Crippen LogP contribution < -0.4 is 5.32 Å². The largest absolute Gasteiger partial charge is 0.356 e. The summed E-state index contributed by atoms with van der Waals surface area (Å²) in [4.78, 5) is 11.7. The first-order valence-corrected chi connectivity index (χ1v) is 9.46. The van der Waals surface area contributed by atoms with E-state index in [1.807, 2.05) is 0 Å². The van der Waals surface area contributed by atoms with Crippen molar-refractivity contribution in [2.24, 2.45) is 5.41 Å². The molecule has 0 aromatic heterocycles. The predicted molar refractivity (Wildman–Crippen MR) is 92.4 cm³/mol. The van der Waals surface area contributed by atoms with Crippen LogP contribution >= 0.6 is 15.9 Å². The maximum absolute atomic E-state index is 11.7. The lowest BCUT2D eigenvalue weighted by molar-refractivity contribution is -0.121. The lowest BCUT2D eigenvalue weighted by Crippen LogP contribution is -2.34. The Hall–Kier alpha value is -0.0500. The number of carbonyl (C=O) groups excluding carboxylic acids is 1. The topological polar surface area (TPSA) is 29.1 Å². The van der Waals surface area contributed by atoms with Gasteiger partial charge in [-0.25, -0.2) is 0 Å². The van der Waals surface area contributed by atoms with Gasteiger partial charge in [0, 0.05) is 18.3 Å². The quantitative estimate of drug-likeness (QED) is 0.348. The van der Waals surface area contributed by atoms with E-state index in [1.54, 1.807) is 0 Å². The molecule has 0 aliphatic rings. The normalized spacial score (nSPS) is 11.6. The fourth-order valence-corrected chi connectivity index (χ4v) is 2.27. The van der Waals surface area contributed by atoms with Crippen LogP contribution in [0.15, 0.2) is 0 Å². The first-order chi connectivity index (χ1) is 9.52. The van der Waals surface area contributed by atoms with Gasteiger partial charge in [0.2, 0.25) is 5.91 Å². The molecule has 0 unspecified atom stereocenters. The molecule has 0 atom stereocenters. The third kappa shape index (κ3) is 13.0. The second-order valence-electron chi connectivity index (χ2n) is 6.65. The van der Waals surface area contributed by atoms with E-state index in [9.17, 15) is 4.79 Å². The highest BCUT2D eigenvalue weighted by Gasteiger charge is 2.16. The van der Waals surface area contributed by atoms with Crippen molar-refractivity contribution >= 4 is 21.8 Å². The Morgan fingerprint density at radius 3 is 1.95 bits per heavy atom. The van der Waals surface area contributed by atoms with E-state index in [4.69, 9.17) is 0 Å². The Bertz CT molecular complexity index is 241. The fourth-order valence-electron chi connectivity index (χ4n) is 2.07. The van der Waals surface area contributed by atoms with Gasteiger partial charge in [-0.05, 0) is 11.8 Å². The molecule has 0 fully saturated rings. The molecule has 20 heavy (non-hydrogen) atoms. The zero-order valence-electron chi connectivity index (χ0n) is 13.8. The third-order valence-electron chi connectivity index (χ3n) is 3.63. The highest BCUT2D eigenvalue weighted by Crippen LogP contribution is 2.16. The van der Waals surface area contributed by atoms with E-state index in [1.165, 1.54) is 51.4 Å². The van der Waals surface area contributed by atoms with Crippen molar-refractivity contribution in [1.82, 2.24) is 5.32 Å². The van der Waals surface area contributed by atoms with Crippen LogP contribution in [0.1, 0.15) is 85.0 Å². The Kier molecular flexibility index (Phi) is 12.6. The van der Waals surface area contributed by atoms with Crippen molar-refractivity contribution in [3.63, 3.8) is 0 Å². The lowest BCUT2D eigenvalue weighted by atomic mass is 9.97. The zero-order valence-corrected chi connectivity index (χ0v) is 15.4. The molecule has 0 saturated carbocycles. The molecular weight excluding hydrogens is 314 g/mol. The number of alkyl halides is 1. The molecule has 3 heteroatoms. The van der Waals surface area contributed by atoms with Crippen LogP contribution in [-0.4, -0.2) is 17.8 Å². The second kappa shape index (κ2) is 12.7. The van der Waals surface area contributed by atoms with Crippen LogP contribution in [0.3, 0.4) is 0 Å². The van der Waals surface area contributed by atoms with Crippen LogP contribution in [0.5, 0.6) is 0 Å². The molecule has 0 aliphatic carbocycles. The molecule has 2 nitrogen and oxygen atoms in total. The maximum Gasteiger partial charge on any atom is 0.220 e. The standard InChI is InChI=1S/C17H34BrNO/c1-4-5-6-7-8-9-10-11-12-13-16(20)19-15-17(2,3)14-18/h4-15H2,1-3H3,(H,19,20). The minimum absolute atomic E-state index is 0.147. The summed E-state index contributed by atoms with van der Waals surface area (Å²) < 4.78 is 0. The van der Waals surface area contributed by atoms with Crippen molar-refractivity contribution < 1.29 is 4.79 Å². The predicted octanol–water partition coefficient (Wildman–Crippen LogP) is 5.44. The van der Waals surface area contributed by atoms with Crippen LogP contribution in [0, 0.1) is 5.41 Å². The number of rotatable bonds is 13. The van der Waals surface area contributed by atoms with Crippen molar-refractivity contribution in [2.45, 2.75) is 85.0 Å². The molecule has 0 radical (unpaired) electrons. The molecule has 0 heterocycles. The summed E-state index contributed by atoms with van der Waals surface area (Å²) in [6, 6.07) is 0. The smallest absolute Gasteiger partial charge is 0.220 e. The number of nitrogens with one attached hydrogen (secondary N) is 1. The van der Waals surface area contributed by atoms with Gasteiger partial charge < -0.3 is 5.32 Å². The van der Waals surface area contributed by atoms with Gasteiger partial charge in [-0.15, -0.1) is 0 Å². The van der Waals surface area contributed by atoms with E-state index < -0.39 is 0 Å². The Labute approximate surface area is 134 Å². The molecule has 0 bridgehead atoms. The van der Waals surface area contributed by atoms with Crippen molar-refractivity contribution in [3.8, 4) is 0 Å². The molecule has 0 aromatic carbocycles. The molecule has 0 aliphatic heterocycles. The summed E-state index contributed by atoms with van der Waals surface area (Å²) in [5.74, 6) is 0.210. The molecule has 0 aromatic rings. The number of amides is 1. The first kappa shape index (κ1) is 19.9. The van der Waals surface area contributed by atoms with Gasteiger partial charge in [0.25, 0.3) is 0 Å². The Balaban J connectivity index is 3.32. The number of halogens is 1. The van der Waals surface area contributed by atoms with Gasteiger partial charge in [-0.1, -0.05) is 88.1 Å². The summed E-state index contributed by atoms with van der Waals surface area (Å²) >= 11 is 3.47. The minimum Gasteiger partial charge on any atom is -0.356 e. The van der Waals surface area contributed by atoms with Crippen LogP contribution in [0.4, 0.5) is 0 Å². The lowest BCUT2D eigenvalue weighted by Gasteiger charge is -2.21. The highest BCUT2D eigenvalue weighted by molar-refractivity contribution is 9.09. The van der Waals surface area contributed by atoms with Gasteiger partial charge >= 0.3 is 0 Å². The van der Waals surface area contributed by atoms with Gasteiger partial charge in [0.15, 0.2) is 0 Å². The van der Waals surface area contributed by atoms with Crippen LogP contribution in [0.25, 0.3) is 0 Å². The molecule has 120 valence electrons. The monoisotopic (exact) mass is 347 g/mol. The maximum atomic E-state index is 11.7. The summed E-state index contributed by atoms with van der Waals surface area (Å²) in [5, 5.41) is 3.95. The molecule has 1 N–H and O–H groups in total. The summed E-state index contributed by atoms with van der Waals surface area (Å²) in [6.07, 6.45) is 12.4. The number of carbonyl (C=O) groups is 1. The van der Waals surface area contributed by atoms with E-state index in [0.29, 0.717) is 6.42 Å².